The van der Waals surface area contributed by atoms with Crippen LogP contribution in [-0.2, 0) is 4.79 Å². The summed E-state index contributed by atoms with van der Waals surface area (Å²) in [5.74, 6) is -0.611. The Labute approximate surface area is 116 Å². The summed E-state index contributed by atoms with van der Waals surface area (Å²) in [5, 5.41) is 0. The molecule has 0 radical (unpaired) electrons. The lowest BCUT2D eigenvalue weighted by atomic mass is 10.1. The van der Waals surface area contributed by atoms with E-state index in [4.69, 9.17) is 5.73 Å². The summed E-state index contributed by atoms with van der Waals surface area (Å²) in [4.78, 5) is 13.6. The van der Waals surface area contributed by atoms with Gasteiger partial charge in [0.05, 0.1) is 11.4 Å². The molecule has 1 aliphatic heterocycles. The molecule has 0 saturated heterocycles. The maximum Gasteiger partial charge on any atom is 0.253 e. The summed E-state index contributed by atoms with van der Waals surface area (Å²) in [5.41, 5.74) is 7.86. The number of anilines is 2. The molecule has 1 unspecified atom stereocenters. The number of nitrogens with two attached hydrogens (primary N) is 1. The number of benzene rings is 2. The van der Waals surface area contributed by atoms with Crippen LogP contribution in [0.25, 0.3) is 0 Å². The molecule has 3 nitrogen and oxygen atoms in total. The monoisotopic (exact) mass is 278 g/mol. The van der Waals surface area contributed by atoms with Crippen LogP contribution in [0.3, 0.4) is 0 Å². The lowest BCUT2D eigenvalue weighted by molar-refractivity contribution is -0.118. The van der Waals surface area contributed by atoms with Gasteiger partial charge in [0.1, 0.15) is 11.9 Å². The lowest BCUT2D eigenvalue weighted by Crippen LogP contribution is -2.27. The minimum atomic E-state index is -0.676. The second kappa shape index (κ2) is 4.99. The van der Waals surface area contributed by atoms with E-state index < -0.39 is 6.04 Å². The highest BCUT2D eigenvalue weighted by Crippen LogP contribution is 2.39. The highest BCUT2D eigenvalue weighted by molar-refractivity contribution is 6.09. The zero-order valence-electron chi connectivity index (χ0n) is 9.92. The Hall–Kier alpha value is -1.91. The highest BCUT2D eigenvalue weighted by Gasteiger charge is 2.35. The van der Waals surface area contributed by atoms with Gasteiger partial charge in [-0.1, -0.05) is 24.3 Å². The van der Waals surface area contributed by atoms with Gasteiger partial charge in [-0.15, -0.1) is 12.4 Å². The van der Waals surface area contributed by atoms with Crippen molar-refractivity contribution in [3.8, 4) is 0 Å². The van der Waals surface area contributed by atoms with Crippen LogP contribution in [0, 0.1) is 5.82 Å². The minimum absolute atomic E-state index is 0. The Morgan fingerprint density at radius 2 is 1.84 bits per heavy atom. The molecule has 0 saturated carbocycles. The normalized spacial score (nSPS) is 17.1. The second-order valence-electron chi connectivity index (χ2n) is 4.19. The molecule has 0 fully saturated rings. The predicted octanol–water partition coefficient (Wildman–Crippen LogP) is 2.93. The van der Waals surface area contributed by atoms with Crippen molar-refractivity contribution >= 4 is 29.7 Å². The van der Waals surface area contributed by atoms with Gasteiger partial charge in [0, 0.05) is 5.56 Å². The Morgan fingerprint density at radius 3 is 2.58 bits per heavy atom. The number of fused-ring (bicyclic) bond motifs is 1. The first-order chi connectivity index (χ1) is 8.68. The van der Waals surface area contributed by atoms with Gasteiger partial charge >= 0.3 is 0 Å². The molecule has 0 spiro atoms. The van der Waals surface area contributed by atoms with Crippen LogP contribution in [0.2, 0.25) is 0 Å². The number of halogens is 2. The molecule has 2 N–H and O–H groups in total. The highest BCUT2D eigenvalue weighted by atomic mass is 35.5. The first-order valence-electron chi connectivity index (χ1n) is 5.62. The molecule has 1 heterocycles. The molecule has 19 heavy (non-hydrogen) atoms. The molecule has 1 amide bonds. The molecule has 0 bridgehead atoms. The average molecular weight is 279 g/mol. The molecule has 1 atom stereocenters. The average Bonchev–Trinajstić information content (AvgIpc) is 2.63. The topological polar surface area (TPSA) is 46.3 Å². The zero-order chi connectivity index (χ0) is 12.7. The van der Waals surface area contributed by atoms with E-state index in [0.29, 0.717) is 5.69 Å². The number of hydrogen-bond donors (Lipinski definition) is 1. The van der Waals surface area contributed by atoms with Gasteiger partial charge in [-0.25, -0.2) is 4.39 Å². The Bertz CT molecular complexity index is 632. The Morgan fingerprint density at radius 1 is 1.11 bits per heavy atom. The van der Waals surface area contributed by atoms with Crippen molar-refractivity contribution in [3.05, 3.63) is 59.9 Å². The molecule has 2 aromatic rings. The van der Waals surface area contributed by atoms with Gasteiger partial charge in [-0.05, 0) is 24.3 Å². The van der Waals surface area contributed by atoms with Crippen LogP contribution in [-0.4, -0.2) is 5.91 Å². The van der Waals surface area contributed by atoms with E-state index in [2.05, 4.69) is 0 Å². The molecule has 3 rings (SSSR count). The van der Waals surface area contributed by atoms with Crippen molar-refractivity contribution in [1.29, 1.82) is 0 Å². The fourth-order valence-electron chi connectivity index (χ4n) is 2.23. The van der Waals surface area contributed by atoms with Crippen molar-refractivity contribution in [2.75, 3.05) is 4.90 Å². The van der Waals surface area contributed by atoms with Gasteiger partial charge in [0.25, 0.3) is 5.91 Å². The molecule has 5 heteroatoms. The van der Waals surface area contributed by atoms with Crippen molar-refractivity contribution in [2.24, 2.45) is 5.73 Å². The van der Waals surface area contributed by atoms with Gasteiger partial charge in [-0.2, -0.15) is 0 Å². The third-order valence-electron chi connectivity index (χ3n) is 3.07. The summed E-state index contributed by atoms with van der Waals surface area (Å²) in [6, 6.07) is 12.5. The predicted molar refractivity (Wildman–Crippen MR) is 74.2 cm³/mol. The molecular weight excluding hydrogens is 267 g/mol. The van der Waals surface area contributed by atoms with Crippen molar-refractivity contribution in [2.45, 2.75) is 6.04 Å². The van der Waals surface area contributed by atoms with Crippen LogP contribution in [0.1, 0.15) is 11.6 Å². The smallest absolute Gasteiger partial charge is 0.253 e. The van der Waals surface area contributed by atoms with Crippen LogP contribution in [0.15, 0.2) is 48.5 Å². The third-order valence-corrected chi connectivity index (χ3v) is 3.07. The maximum absolute atomic E-state index is 13.3. The van der Waals surface area contributed by atoms with Gasteiger partial charge in [0.15, 0.2) is 0 Å². The number of rotatable bonds is 1. The van der Waals surface area contributed by atoms with Crippen molar-refractivity contribution in [3.63, 3.8) is 0 Å². The molecule has 0 aliphatic carbocycles. The third kappa shape index (κ3) is 2.09. The standard InChI is InChI=1S/C14H11FN2O.ClH/c15-9-4-3-5-10(8-9)17-12-7-2-1-6-11(12)13(16)14(17)18;/h1-8,13H,16H2;1H. The number of carbonyl (C=O) groups is 1. The zero-order valence-corrected chi connectivity index (χ0v) is 10.7. The molecular formula is C14H12ClFN2O. The fraction of sp³-hybridized carbons (Fsp3) is 0.0714. The second-order valence-corrected chi connectivity index (χ2v) is 4.19. The summed E-state index contributed by atoms with van der Waals surface area (Å²) in [6.45, 7) is 0. The van der Waals surface area contributed by atoms with Gasteiger partial charge < -0.3 is 5.73 Å². The largest absolute Gasteiger partial charge is 0.316 e. The minimum Gasteiger partial charge on any atom is -0.316 e. The van der Waals surface area contributed by atoms with E-state index in [-0.39, 0.29) is 24.1 Å². The first-order valence-corrected chi connectivity index (χ1v) is 5.62. The fourth-order valence-corrected chi connectivity index (χ4v) is 2.23. The van der Waals surface area contributed by atoms with E-state index in [0.717, 1.165) is 11.3 Å². The van der Waals surface area contributed by atoms with E-state index in [1.165, 1.54) is 17.0 Å². The molecule has 0 aromatic heterocycles. The van der Waals surface area contributed by atoms with Gasteiger partial charge in [-0.3, -0.25) is 9.69 Å². The number of para-hydroxylation sites is 1. The summed E-state index contributed by atoms with van der Waals surface area (Å²) in [6.07, 6.45) is 0. The Kier molecular flexibility index (Phi) is 3.55. The van der Waals surface area contributed by atoms with Crippen LogP contribution < -0.4 is 10.6 Å². The maximum atomic E-state index is 13.3. The number of amides is 1. The van der Waals surface area contributed by atoms with E-state index in [9.17, 15) is 9.18 Å². The molecule has 98 valence electrons. The summed E-state index contributed by atoms with van der Waals surface area (Å²) >= 11 is 0. The number of nitrogens with zero attached hydrogens (tertiary/aromatic N) is 1. The van der Waals surface area contributed by atoms with E-state index >= 15 is 0 Å². The number of hydrogen-bond acceptors (Lipinski definition) is 2. The van der Waals surface area contributed by atoms with E-state index in [1.54, 1.807) is 12.1 Å². The first kappa shape index (κ1) is 13.5. The Balaban J connectivity index is 0.00000133. The lowest BCUT2D eigenvalue weighted by Gasteiger charge is -2.17. The van der Waals surface area contributed by atoms with E-state index in [1.807, 2.05) is 24.3 Å². The SMILES string of the molecule is Cl.NC1C(=O)N(c2cccc(F)c2)c2ccccc21. The van der Waals surface area contributed by atoms with Crippen LogP contribution >= 0.6 is 12.4 Å². The van der Waals surface area contributed by atoms with Gasteiger partial charge in [0.2, 0.25) is 0 Å². The quantitative estimate of drug-likeness (QED) is 0.872. The molecule has 1 aliphatic rings. The summed E-state index contributed by atoms with van der Waals surface area (Å²) < 4.78 is 13.3. The van der Waals surface area contributed by atoms with Crippen molar-refractivity contribution in [1.82, 2.24) is 0 Å². The summed E-state index contributed by atoms with van der Waals surface area (Å²) in [7, 11) is 0. The van der Waals surface area contributed by atoms with Crippen LogP contribution in [0.5, 0.6) is 0 Å². The molecule has 2 aromatic carbocycles. The van der Waals surface area contributed by atoms with Crippen LogP contribution in [0.4, 0.5) is 15.8 Å². The number of carbonyl (C=O) groups excluding carboxylic acids is 1. The van der Waals surface area contributed by atoms with Crippen molar-refractivity contribution < 1.29 is 9.18 Å².